The minimum absolute atomic E-state index is 0.0313. The van der Waals surface area contributed by atoms with Crippen LogP contribution in [0.1, 0.15) is 5.56 Å². The van der Waals surface area contributed by atoms with Crippen LogP contribution in [-0.4, -0.2) is 10.1 Å². The van der Waals surface area contributed by atoms with Crippen molar-refractivity contribution in [1.82, 2.24) is 0 Å². The number of nitrogens with one attached hydrogen (secondary N) is 1. The van der Waals surface area contributed by atoms with Gasteiger partial charge in [0.2, 0.25) is 0 Å². The van der Waals surface area contributed by atoms with E-state index >= 15 is 0 Å². The maximum atomic E-state index is 11.0. The van der Waals surface area contributed by atoms with Crippen LogP contribution < -0.4 is 9.88 Å². The fraction of sp³-hybridized carbons (Fsp3) is 0. The first-order valence-electron chi connectivity index (χ1n) is 7.88. The van der Waals surface area contributed by atoms with Crippen LogP contribution in [0.5, 0.6) is 0 Å². The lowest BCUT2D eigenvalue weighted by Crippen LogP contribution is -2.38. The normalized spacial score (nSPS) is 11.7. The zero-order chi connectivity index (χ0) is 19.4. The molecule has 0 saturated carbocycles. The highest BCUT2D eigenvalue weighted by molar-refractivity contribution is 7.81. The quantitative estimate of drug-likeness (QED) is 0.219. The third kappa shape index (κ3) is 4.79. The number of hydrogen-bond acceptors (Lipinski definition) is 2. The third-order valence-corrected chi connectivity index (χ3v) is 4.99. The zero-order valence-electron chi connectivity index (χ0n) is 13.9. The van der Waals surface area contributed by atoms with Crippen LogP contribution in [-0.2, 0) is 0 Å². The van der Waals surface area contributed by atoms with Crippen LogP contribution in [0.25, 0.3) is 11.5 Å². The molecule has 2 aromatic carbocycles. The standard InChI is InChI=1S/C20H13Cl3N2OS/c21-14-5-7-15(8-6-14)24-20(27)18(25-10-2-1-3-11-25)19(26)13-4-9-16(22)17(23)12-13/h1-12H,(H-,24,26,27)/p+1. The number of aromatic nitrogens is 1. The third-order valence-electron chi connectivity index (χ3n) is 3.71. The number of halogens is 3. The van der Waals surface area contributed by atoms with Crippen molar-refractivity contribution in [3.63, 3.8) is 0 Å². The number of aliphatic hydroxyl groups excluding tert-OH is 1. The summed E-state index contributed by atoms with van der Waals surface area (Å²) >= 11 is 23.6. The van der Waals surface area contributed by atoms with Crippen LogP contribution in [0.4, 0.5) is 5.69 Å². The molecule has 2 N–H and O–H groups in total. The Morgan fingerprint density at radius 2 is 1.56 bits per heavy atom. The molecule has 0 saturated heterocycles. The zero-order valence-corrected chi connectivity index (χ0v) is 16.9. The molecule has 27 heavy (non-hydrogen) atoms. The van der Waals surface area contributed by atoms with Crippen LogP contribution in [0.2, 0.25) is 15.1 Å². The molecule has 7 heteroatoms. The molecule has 136 valence electrons. The Bertz CT molecular complexity index is 1010. The second-order valence-electron chi connectivity index (χ2n) is 5.57. The summed E-state index contributed by atoms with van der Waals surface area (Å²) in [6.07, 6.45) is 3.58. The molecule has 0 radical (unpaired) electrons. The SMILES string of the molecule is O/C(=C(\C(=S)Nc1ccc(Cl)cc1)[n+]1ccccc1)c1ccc(Cl)c(Cl)c1. The Morgan fingerprint density at radius 1 is 0.889 bits per heavy atom. The Hall–Kier alpha value is -2.11. The summed E-state index contributed by atoms with van der Waals surface area (Å²) in [6, 6.07) is 17.6. The van der Waals surface area contributed by atoms with Gasteiger partial charge in [0.25, 0.3) is 5.70 Å². The fourth-order valence-corrected chi connectivity index (χ4v) is 3.14. The highest BCUT2D eigenvalue weighted by Crippen LogP contribution is 2.27. The van der Waals surface area contributed by atoms with Gasteiger partial charge in [0.05, 0.1) is 10.0 Å². The molecule has 1 aromatic heterocycles. The molecule has 0 unspecified atom stereocenters. The predicted molar refractivity (Wildman–Crippen MR) is 117 cm³/mol. The van der Waals surface area contributed by atoms with E-state index in [4.69, 9.17) is 47.0 Å². The van der Waals surface area contributed by atoms with Gasteiger partial charge in [-0.1, -0.05) is 53.1 Å². The number of nitrogens with zero attached hydrogens (tertiary/aromatic N) is 1. The van der Waals surface area contributed by atoms with Gasteiger partial charge < -0.3 is 10.4 Å². The molecule has 0 amide bonds. The average molecular weight is 437 g/mol. The maximum Gasteiger partial charge on any atom is 0.288 e. The van der Waals surface area contributed by atoms with Crippen molar-refractivity contribution >= 4 is 69.2 Å². The summed E-state index contributed by atoms with van der Waals surface area (Å²) in [7, 11) is 0. The van der Waals surface area contributed by atoms with Crippen LogP contribution in [0.3, 0.4) is 0 Å². The van der Waals surface area contributed by atoms with Crippen LogP contribution in [0.15, 0.2) is 73.1 Å². The molecule has 0 spiro atoms. The molecular weight excluding hydrogens is 423 g/mol. The molecule has 0 bridgehead atoms. The molecular formula is C20H14Cl3N2OS+. The Balaban J connectivity index is 2.06. The maximum absolute atomic E-state index is 11.0. The largest absolute Gasteiger partial charge is 0.502 e. The lowest BCUT2D eigenvalue weighted by Gasteiger charge is -2.10. The van der Waals surface area contributed by atoms with Crippen molar-refractivity contribution in [3.05, 3.63) is 93.7 Å². The number of hydrogen-bond donors (Lipinski definition) is 2. The summed E-state index contributed by atoms with van der Waals surface area (Å²) < 4.78 is 1.73. The summed E-state index contributed by atoms with van der Waals surface area (Å²) in [5, 5.41) is 15.4. The first kappa shape index (κ1) is 19.6. The van der Waals surface area contributed by atoms with Crippen molar-refractivity contribution in [2.75, 3.05) is 5.32 Å². The first-order chi connectivity index (χ1) is 13.0. The van der Waals surface area contributed by atoms with Gasteiger partial charge in [0.15, 0.2) is 23.1 Å². The highest BCUT2D eigenvalue weighted by atomic mass is 35.5. The summed E-state index contributed by atoms with van der Waals surface area (Å²) in [5.74, 6) is -0.0313. The van der Waals surface area contributed by atoms with Gasteiger partial charge in [-0.25, -0.2) is 0 Å². The van der Waals surface area contributed by atoms with Gasteiger partial charge in [0.1, 0.15) is 0 Å². The van der Waals surface area contributed by atoms with E-state index in [1.54, 1.807) is 59.4 Å². The number of benzene rings is 2. The Kier molecular flexibility index (Phi) is 6.34. The van der Waals surface area contributed by atoms with Crippen molar-refractivity contribution in [2.24, 2.45) is 0 Å². The van der Waals surface area contributed by atoms with Gasteiger partial charge in [0, 0.05) is 28.4 Å². The minimum Gasteiger partial charge on any atom is -0.502 e. The second kappa shape index (κ2) is 8.72. The van der Waals surface area contributed by atoms with E-state index in [1.165, 1.54) is 0 Å². The van der Waals surface area contributed by atoms with Gasteiger partial charge in [-0.2, -0.15) is 4.57 Å². The van der Waals surface area contributed by atoms with Crippen molar-refractivity contribution in [3.8, 4) is 0 Å². The summed E-state index contributed by atoms with van der Waals surface area (Å²) in [5.41, 5.74) is 1.65. The van der Waals surface area contributed by atoms with E-state index in [0.29, 0.717) is 31.3 Å². The smallest absolute Gasteiger partial charge is 0.288 e. The molecule has 3 rings (SSSR count). The van der Waals surface area contributed by atoms with Crippen LogP contribution in [0, 0.1) is 0 Å². The summed E-state index contributed by atoms with van der Waals surface area (Å²) in [6.45, 7) is 0. The van der Waals surface area contributed by atoms with E-state index in [2.05, 4.69) is 5.32 Å². The highest BCUT2D eigenvalue weighted by Gasteiger charge is 2.24. The number of aliphatic hydroxyl groups is 1. The van der Waals surface area contributed by atoms with Crippen molar-refractivity contribution in [1.29, 1.82) is 0 Å². The predicted octanol–water partition coefficient (Wildman–Crippen LogP) is 6.26. The first-order valence-corrected chi connectivity index (χ1v) is 9.42. The molecule has 3 nitrogen and oxygen atoms in total. The average Bonchev–Trinajstić information content (AvgIpc) is 2.67. The van der Waals surface area contributed by atoms with Crippen LogP contribution >= 0.6 is 47.0 Å². The molecule has 0 fully saturated rings. The molecule has 1 heterocycles. The molecule has 0 aliphatic carbocycles. The van der Waals surface area contributed by atoms with Crippen molar-refractivity contribution in [2.45, 2.75) is 0 Å². The minimum atomic E-state index is -0.0313. The van der Waals surface area contributed by atoms with E-state index in [1.807, 2.05) is 18.2 Å². The topological polar surface area (TPSA) is 36.1 Å². The lowest BCUT2D eigenvalue weighted by molar-refractivity contribution is -0.575. The van der Waals surface area contributed by atoms with Crippen molar-refractivity contribution < 1.29 is 9.67 Å². The summed E-state index contributed by atoms with van der Waals surface area (Å²) in [4.78, 5) is 0.331. The number of pyridine rings is 1. The Morgan fingerprint density at radius 3 is 2.19 bits per heavy atom. The molecule has 0 atom stereocenters. The molecule has 0 aliphatic heterocycles. The number of rotatable bonds is 4. The van der Waals surface area contributed by atoms with Gasteiger partial charge >= 0.3 is 0 Å². The van der Waals surface area contributed by atoms with E-state index in [9.17, 15) is 5.11 Å². The Labute approximate surface area is 177 Å². The van der Waals surface area contributed by atoms with Gasteiger partial charge in [-0.3, -0.25) is 0 Å². The lowest BCUT2D eigenvalue weighted by atomic mass is 10.1. The second-order valence-corrected chi connectivity index (χ2v) is 7.23. The van der Waals surface area contributed by atoms with E-state index in [0.717, 1.165) is 5.69 Å². The molecule has 0 aliphatic rings. The monoisotopic (exact) mass is 435 g/mol. The van der Waals surface area contributed by atoms with Gasteiger partial charge in [-0.15, -0.1) is 0 Å². The van der Waals surface area contributed by atoms with Gasteiger partial charge in [-0.05, 0) is 42.5 Å². The fourth-order valence-electron chi connectivity index (χ4n) is 2.40. The van der Waals surface area contributed by atoms with E-state index < -0.39 is 0 Å². The number of anilines is 1. The van der Waals surface area contributed by atoms with E-state index in [-0.39, 0.29) is 5.76 Å². The number of thiocarbonyl (C=S) groups is 1. The molecule has 3 aromatic rings.